The molecule has 0 radical (unpaired) electrons. The summed E-state index contributed by atoms with van der Waals surface area (Å²) >= 11 is 0. The van der Waals surface area contributed by atoms with Gasteiger partial charge in [0.15, 0.2) is 0 Å². The van der Waals surface area contributed by atoms with E-state index in [1.165, 1.54) is 24.5 Å². The number of aromatic amines is 2. The van der Waals surface area contributed by atoms with Crippen LogP contribution in [0.5, 0.6) is 0 Å². The molecule has 2 heterocycles. The highest BCUT2D eigenvalue weighted by molar-refractivity contribution is 6.44. The molecule has 4 aromatic rings. The van der Waals surface area contributed by atoms with Crippen LogP contribution in [0.3, 0.4) is 0 Å². The third-order valence-electron chi connectivity index (χ3n) is 4.09. The summed E-state index contributed by atoms with van der Waals surface area (Å²) in [6.07, 6.45) is 4.54. The Kier molecular flexibility index (Phi) is 3.81. The lowest BCUT2D eigenvalue weighted by Crippen LogP contribution is -2.27. The van der Waals surface area contributed by atoms with Gasteiger partial charge in [0, 0.05) is 39.8 Å². The number of carbonyl (C=O) groups excluding carboxylic acids is 2. The van der Waals surface area contributed by atoms with Gasteiger partial charge in [-0.25, -0.2) is 9.82 Å². The van der Waals surface area contributed by atoms with Gasteiger partial charge in [-0.3, -0.25) is 9.59 Å². The maximum Gasteiger partial charge on any atom is 0.312 e. The van der Waals surface area contributed by atoms with Crippen molar-refractivity contribution in [2.75, 3.05) is 0 Å². The molecular formula is C19H13FN4O2. The van der Waals surface area contributed by atoms with Crippen LogP contribution in [-0.4, -0.2) is 27.9 Å². The van der Waals surface area contributed by atoms with Crippen molar-refractivity contribution in [2.24, 2.45) is 5.10 Å². The van der Waals surface area contributed by atoms with Crippen LogP contribution in [0.15, 0.2) is 60.0 Å². The zero-order chi connectivity index (χ0) is 18.1. The van der Waals surface area contributed by atoms with E-state index >= 15 is 0 Å². The number of carbonyl (C=O) groups is 2. The highest BCUT2D eigenvalue weighted by Crippen LogP contribution is 2.19. The first-order valence-corrected chi connectivity index (χ1v) is 7.84. The first-order valence-electron chi connectivity index (χ1n) is 7.84. The molecule has 6 nitrogen and oxygen atoms in total. The number of H-pyrrole nitrogens is 2. The molecule has 4 rings (SSSR count). The number of ketones is 1. The average Bonchev–Trinajstić information content (AvgIpc) is 3.25. The molecule has 26 heavy (non-hydrogen) atoms. The molecule has 7 heteroatoms. The summed E-state index contributed by atoms with van der Waals surface area (Å²) in [6.45, 7) is 0. The second-order valence-corrected chi connectivity index (χ2v) is 5.71. The van der Waals surface area contributed by atoms with Crippen molar-refractivity contribution in [1.82, 2.24) is 15.4 Å². The Morgan fingerprint density at radius 1 is 1.00 bits per heavy atom. The molecule has 0 saturated carbocycles. The predicted molar refractivity (Wildman–Crippen MR) is 96.6 cm³/mol. The maximum absolute atomic E-state index is 13.2. The fourth-order valence-electron chi connectivity index (χ4n) is 2.82. The van der Waals surface area contributed by atoms with Crippen LogP contribution in [0.2, 0.25) is 0 Å². The number of amides is 1. The van der Waals surface area contributed by atoms with Crippen LogP contribution >= 0.6 is 0 Å². The van der Waals surface area contributed by atoms with E-state index in [4.69, 9.17) is 0 Å². The molecule has 0 aliphatic carbocycles. The van der Waals surface area contributed by atoms with E-state index in [2.05, 4.69) is 20.5 Å². The van der Waals surface area contributed by atoms with Crippen molar-refractivity contribution >= 4 is 39.7 Å². The quantitative estimate of drug-likeness (QED) is 0.229. The van der Waals surface area contributed by atoms with Gasteiger partial charge in [-0.15, -0.1) is 0 Å². The summed E-state index contributed by atoms with van der Waals surface area (Å²) in [5, 5.41) is 5.26. The Balaban J connectivity index is 1.51. The van der Waals surface area contributed by atoms with Gasteiger partial charge in [-0.05, 0) is 24.3 Å². The van der Waals surface area contributed by atoms with Crippen LogP contribution < -0.4 is 5.43 Å². The molecule has 3 N–H and O–H groups in total. The van der Waals surface area contributed by atoms with Gasteiger partial charge < -0.3 is 9.97 Å². The molecule has 2 aromatic heterocycles. The lowest BCUT2D eigenvalue weighted by molar-refractivity contribution is -0.116. The van der Waals surface area contributed by atoms with Gasteiger partial charge in [0.05, 0.1) is 11.8 Å². The second kappa shape index (κ2) is 6.29. The van der Waals surface area contributed by atoms with Crippen LogP contribution in [-0.2, 0) is 4.79 Å². The van der Waals surface area contributed by atoms with Gasteiger partial charge in [-0.1, -0.05) is 18.2 Å². The van der Waals surface area contributed by atoms with Crippen molar-refractivity contribution < 1.29 is 14.0 Å². The number of nitrogens with zero attached hydrogens (tertiary/aromatic N) is 1. The number of Topliss-reactive ketones (excluding diaryl/α,β-unsaturated/α-hetero) is 1. The summed E-state index contributed by atoms with van der Waals surface area (Å²) in [5.41, 5.74) is 4.58. The zero-order valence-electron chi connectivity index (χ0n) is 13.4. The van der Waals surface area contributed by atoms with Crippen molar-refractivity contribution in [3.8, 4) is 0 Å². The van der Waals surface area contributed by atoms with Crippen LogP contribution in [0.4, 0.5) is 4.39 Å². The Bertz CT molecular complexity index is 1170. The summed E-state index contributed by atoms with van der Waals surface area (Å²) in [4.78, 5) is 30.3. The SMILES string of the molecule is O=C(N/N=C/c1c[nH]c2cc(F)ccc12)C(=O)c1c[nH]c2ccccc12. The Morgan fingerprint density at radius 3 is 2.69 bits per heavy atom. The third kappa shape index (κ3) is 2.75. The summed E-state index contributed by atoms with van der Waals surface area (Å²) in [6, 6.07) is 11.5. The average molecular weight is 348 g/mol. The van der Waals surface area contributed by atoms with Crippen LogP contribution in [0, 0.1) is 5.82 Å². The van der Waals surface area contributed by atoms with E-state index < -0.39 is 11.7 Å². The normalized spacial score (nSPS) is 11.4. The smallest absolute Gasteiger partial charge is 0.312 e. The molecule has 0 unspecified atom stereocenters. The van der Waals surface area contributed by atoms with Crippen molar-refractivity contribution in [2.45, 2.75) is 0 Å². The summed E-state index contributed by atoms with van der Waals surface area (Å²) < 4.78 is 13.2. The molecule has 128 valence electrons. The van der Waals surface area contributed by atoms with Crippen LogP contribution in [0.25, 0.3) is 21.8 Å². The van der Waals surface area contributed by atoms with Crippen molar-refractivity contribution in [3.63, 3.8) is 0 Å². The van der Waals surface area contributed by atoms with Gasteiger partial charge >= 0.3 is 5.91 Å². The van der Waals surface area contributed by atoms with E-state index in [-0.39, 0.29) is 11.4 Å². The lowest BCUT2D eigenvalue weighted by atomic mass is 10.1. The van der Waals surface area contributed by atoms with E-state index in [1.54, 1.807) is 24.4 Å². The molecule has 0 fully saturated rings. The minimum Gasteiger partial charge on any atom is -0.360 e. The number of fused-ring (bicyclic) bond motifs is 2. The molecule has 0 atom stereocenters. The highest BCUT2D eigenvalue weighted by atomic mass is 19.1. The number of nitrogens with one attached hydrogen (secondary N) is 3. The Labute approximate surface area is 146 Å². The number of hydrogen-bond acceptors (Lipinski definition) is 3. The monoisotopic (exact) mass is 348 g/mol. The number of aromatic nitrogens is 2. The van der Waals surface area contributed by atoms with Gasteiger partial charge in [0.1, 0.15) is 5.82 Å². The molecule has 1 amide bonds. The molecule has 2 aromatic carbocycles. The van der Waals surface area contributed by atoms with E-state index in [1.807, 2.05) is 12.1 Å². The van der Waals surface area contributed by atoms with E-state index in [0.717, 1.165) is 10.9 Å². The molecule has 0 bridgehead atoms. The second-order valence-electron chi connectivity index (χ2n) is 5.71. The summed E-state index contributed by atoms with van der Waals surface area (Å²) in [5.74, 6) is -1.86. The number of rotatable bonds is 4. The number of hydrogen-bond donors (Lipinski definition) is 3. The van der Waals surface area contributed by atoms with E-state index in [0.29, 0.717) is 16.5 Å². The van der Waals surface area contributed by atoms with E-state index in [9.17, 15) is 14.0 Å². The topological polar surface area (TPSA) is 90.1 Å². The molecule has 0 aliphatic rings. The number of hydrazone groups is 1. The number of para-hydroxylation sites is 1. The predicted octanol–water partition coefficient (Wildman–Crippen LogP) is 3.12. The highest BCUT2D eigenvalue weighted by Gasteiger charge is 2.19. The van der Waals surface area contributed by atoms with Gasteiger partial charge in [-0.2, -0.15) is 5.10 Å². The Morgan fingerprint density at radius 2 is 1.81 bits per heavy atom. The molecular weight excluding hydrogens is 335 g/mol. The number of halogens is 1. The van der Waals surface area contributed by atoms with Crippen molar-refractivity contribution in [3.05, 3.63) is 71.8 Å². The lowest BCUT2D eigenvalue weighted by Gasteiger charge is -1.98. The zero-order valence-corrected chi connectivity index (χ0v) is 13.4. The first-order chi connectivity index (χ1) is 12.6. The summed E-state index contributed by atoms with van der Waals surface area (Å²) in [7, 11) is 0. The minimum atomic E-state index is -0.836. The molecule has 0 spiro atoms. The van der Waals surface area contributed by atoms with Crippen LogP contribution in [0.1, 0.15) is 15.9 Å². The standard InChI is InChI=1S/C19H13FN4O2/c20-12-5-6-13-11(8-21-17(13)7-12)9-23-24-19(26)18(25)15-10-22-16-4-2-1-3-14(15)16/h1-10,21-22H,(H,24,26)/b23-9+. The minimum absolute atomic E-state index is 0.288. The largest absolute Gasteiger partial charge is 0.360 e. The Hall–Kier alpha value is -3.74. The molecule has 0 saturated heterocycles. The fourth-order valence-corrected chi connectivity index (χ4v) is 2.82. The number of benzene rings is 2. The first kappa shape index (κ1) is 15.8. The fraction of sp³-hybridized carbons (Fsp3) is 0. The van der Waals surface area contributed by atoms with Gasteiger partial charge in [0.25, 0.3) is 5.78 Å². The third-order valence-corrected chi connectivity index (χ3v) is 4.09. The van der Waals surface area contributed by atoms with Gasteiger partial charge in [0.2, 0.25) is 0 Å². The maximum atomic E-state index is 13.2. The van der Waals surface area contributed by atoms with Crippen molar-refractivity contribution in [1.29, 1.82) is 0 Å². The molecule has 0 aliphatic heterocycles.